The van der Waals surface area contributed by atoms with Crippen molar-refractivity contribution in [3.8, 4) is 17.2 Å². The van der Waals surface area contributed by atoms with Crippen molar-refractivity contribution < 1.29 is 22.3 Å². The molecule has 0 saturated heterocycles. The Balaban J connectivity index is 2.39. The lowest BCUT2D eigenvalue weighted by atomic mass is 10.2. The number of rotatable bonds is 2. The maximum absolute atomic E-state index is 12.1. The number of aromatic nitrogens is 2. The number of nitrogens with zero attached hydrogens (tertiary/aromatic N) is 2. The summed E-state index contributed by atoms with van der Waals surface area (Å²) in [6.07, 6.45) is -2.72. The van der Waals surface area contributed by atoms with Crippen LogP contribution in [0.1, 0.15) is 0 Å². The van der Waals surface area contributed by atoms with E-state index in [-0.39, 0.29) is 11.5 Å². The lowest BCUT2D eigenvalue weighted by molar-refractivity contribution is -0.274. The van der Waals surface area contributed by atoms with Gasteiger partial charge in [-0.1, -0.05) is 12.1 Å². The molecular weight excluding hydrogens is 225 g/mol. The summed E-state index contributed by atoms with van der Waals surface area (Å²) in [7, 11) is 0. The second-order valence-electron chi connectivity index (χ2n) is 2.74. The maximum atomic E-state index is 12.1. The average molecular weight is 229 g/mol. The first-order valence-corrected chi connectivity index (χ1v) is 4.11. The predicted octanol–water partition coefficient (Wildman–Crippen LogP) is 2.44. The molecule has 2 rings (SSSR count). The molecule has 0 bridgehead atoms. The molecule has 1 aromatic carbocycles. The molecule has 0 aliphatic rings. The van der Waals surface area contributed by atoms with E-state index < -0.39 is 12.1 Å². The Kier molecular flexibility index (Phi) is 2.51. The molecule has 1 radical (unpaired) electrons. The molecule has 0 saturated carbocycles. The van der Waals surface area contributed by atoms with Crippen LogP contribution < -0.4 is 4.74 Å². The van der Waals surface area contributed by atoms with E-state index in [1.165, 1.54) is 18.2 Å². The minimum atomic E-state index is -4.76. The molecule has 1 aromatic heterocycles. The Bertz CT molecular complexity index is 468. The molecule has 0 aliphatic carbocycles. The van der Waals surface area contributed by atoms with E-state index in [4.69, 9.17) is 0 Å². The van der Waals surface area contributed by atoms with E-state index in [0.29, 0.717) is 0 Å². The van der Waals surface area contributed by atoms with Crippen LogP contribution in [0.5, 0.6) is 5.75 Å². The van der Waals surface area contributed by atoms with Crippen LogP contribution in [0.25, 0.3) is 11.5 Å². The van der Waals surface area contributed by atoms with Crippen LogP contribution in [-0.2, 0) is 0 Å². The number of ether oxygens (including phenoxy) is 1. The summed E-state index contributed by atoms with van der Waals surface area (Å²) in [5, 5.41) is 6.72. The van der Waals surface area contributed by atoms with Crippen molar-refractivity contribution in [3.05, 3.63) is 30.7 Å². The van der Waals surface area contributed by atoms with Crippen molar-refractivity contribution in [2.45, 2.75) is 6.36 Å². The largest absolute Gasteiger partial charge is 0.573 e. The Morgan fingerprint density at radius 2 is 2.00 bits per heavy atom. The van der Waals surface area contributed by atoms with Crippen molar-refractivity contribution in [3.63, 3.8) is 0 Å². The summed E-state index contributed by atoms with van der Waals surface area (Å²) in [5.74, 6) is -0.479. The van der Waals surface area contributed by atoms with Gasteiger partial charge in [0.05, 0.1) is 5.56 Å². The minimum absolute atomic E-state index is 0.0635. The molecule has 0 N–H and O–H groups in total. The Morgan fingerprint density at radius 1 is 1.25 bits per heavy atom. The van der Waals surface area contributed by atoms with Gasteiger partial charge in [0.15, 0.2) is 0 Å². The predicted molar refractivity (Wildman–Crippen MR) is 45.3 cm³/mol. The highest BCUT2D eigenvalue weighted by atomic mass is 19.4. The standard InChI is InChI=1S/C9H4F3N2O2/c10-9(11,12)16-7-4-2-1-3-6(7)8-14-13-5-15-8/h1-4H. The molecule has 7 heteroatoms. The Morgan fingerprint density at radius 3 is 2.62 bits per heavy atom. The second kappa shape index (κ2) is 3.84. The third kappa shape index (κ3) is 2.30. The fraction of sp³-hybridized carbons (Fsp3) is 0.111. The summed E-state index contributed by atoms with van der Waals surface area (Å²) in [6, 6.07) is 5.48. The van der Waals surface area contributed by atoms with Gasteiger partial charge in [-0.25, -0.2) is 0 Å². The average Bonchev–Trinajstić information content (AvgIpc) is 2.69. The molecule has 0 amide bonds. The fourth-order valence-electron chi connectivity index (χ4n) is 1.12. The molecule has 0 aliphatic heterocycles. The molecular formula is C9H4F3N2O2. The normalized spacial score (nSPS) is 11.4. The van der Waals surface area contributed by atoms with Gasteiger partial charge in [-0.05, 0) is 12.1 Å². The van der Waals surface area contributed by atoms with Crippen molar-refractivity contribution in [2.75, 3.05) is 0 Å². The van der Waals surface area contributed by atoms with Crippen LogP contribution in [0.3, 0.4) is 0 Å². The Hall–Kier alpha value is -2.05. The van der Waals surface area contributed by atoms with Crippen LogP contribution >= 0.6 is 0 Å². The molecule has 83 valence electrons. The van der Waals surface area contributed by atoms with Gasteiger partial charge in [0, 0.05) is 0 Å². The Labute approximate surface area is 87.7 Å². The summed E-state index contributed by atoms with van der Waals surface area (Å²) in [6.45, 7) is 0. The number of hydrogen-bond donors (Lipinski definition) is 0. The zero-order chi connectivity index (χ0) is 11.6. The second-order valence-corrected chi connectivity index (χ2v) is 2.74. The third-order valence-electron chi connectivity index (χ3n) is 1.67. The molecule has 0 spiro atoms. The van der Waals surface area contributed by atoms with Crippen molar-refractivity contribution in [1.29, 1.82) is 0 Å². The summed E-state index contributed by atoms with van der Waals surface area (Å²) in [4.78, 5) is 0. The molecule has 4 nitrogen and oxygen atoms in total. The fourth-order valence-corrected chi connectivity index (χ4v) is 1.12. The first kappa shape index (κ1) is 10.5. The van der Waals surface area contributed by atoms with E-state index in [1.807, 2.05) is 6.39 Å². The van der Waals surface area contributed by atoms with Crippen LogP contribution in [0.4, 0.5) is 13.2 Å². The highest BCUT2D eigenvalue weighted by Gasteiger charge is 2.32. The van der Waals surface area contributed by atoms with Crippen LogP contribution in [-0.4, -0.2) is 16.6 Å². The minimum Gasteiger partial charge on any atom is -0.412 e. The first-order chi connectivity index (χ1) is 7.56. The molecule has 16 heavy (non-hydrogen) atoms. The lowest BCUT2D eigenvalue weighted by Crippen LogP contribution is -2.17. The number of hydrogen-bond acceptors (Lipinski definition) is 4. The molecule has 0 unspecified atom stereocenters. The monoisotopic (exact) mass is 229 g/mol. The van der Waals surface area contributed by atoms with Gasteiger partial charge in [-0.15, -0.1) is 23.4 Å². The third-order valence-corrected chi connectivity index (χ3v) is 1.67. The van der Waals surface area contributed by atoms with Crippen LogP contribution in [0.2, 0.25) is 0 Å². The zero-order valence-corrected chi connectivity index (χ0v) is 7.65. The number of halogens is 3. The number of benzene rings is 1. The first-order valence-electron chi connectivity index (χ1n) is 4.11. The van der Waals surface area contributed by atoms with Gasteiger partial charge in [-0.3, -0.25) is 0 Å². The highest BCUT2D eigenvalue weighted by molar-refractivity contribution is 5.62. The van der Waals surface area contributed by atoms with E-state index >= 15 is 0 Å². The maximum Gasteiger partial charge on any atom is 0.573 e. The van der Waals surface area contributed by atoms with Gasteiger partial charge in [-0.2, -0.15) is 0 Å². The smallest absolute Gasteiger partial charge is 0.412 e. The molecule has 2 aromatic rings. The lowest BCUT2D eigenvalue weighted by Gasteiger charge is -2.10. The zero-order valence-electron chi connectivity index (χ0n) is 7.65. The van der Waals surface area contributed by atoms with Gasteiger partial charge in [0.25, 0.3) is 5.89 Å². The van der Waals surface area contributed by atoms with E-state index in [2.05, 4.69) is 19.4 Å². The van der Waals surface area contributed by atoms with Crippen molar-refractivity contribution in [1.82, 2.24) is 10.2 Å². The van der Waals surface area contributed by atoms with Crippen LogP contribution in [0.15, 0.2) is 28.7 Å². The quantitative estimate of drug-likeness (QED) is 0.793. The highest BCUT2D eigenvalue weighted by Crippen LogP contribution is 2.32. The van der Waals surface area contributed by atoms with Gasteiger partial charge >= 0.3 is 12.8 Å². The van der Waals surface area contributed by atoms with Crippen molar-refractivity contribution in [2.24, 2.45) is 0 Å². The van der Waals surface area contributed by atoms with Gasteiger partial charge in [0.2, 0.25) is 0 Å². The van der Waals surface area contributed by atoms with Crippen LogP contribution in [0, 0.1) is 6.39 Å². The summed E-state index contributed by atoms with van der Waals surface area (Å²) < 4.78 is 44.7. The summed E-state index contributed by atoms with van der Waals surface area (Å²) >= 11 is 0. The van der Waals surface area contributed by atoms with Gasteiger partial charge < -0.3 is 9.15 Å². The number of para-hydroxylation sites is 1. The van der Waals surface area contributed by atoms with Gasteiger partial charge in [0.1, 0.15) is 5.75 Å². The molecule has 1 heterocycles. The summed E-state index contributed by atoms with van der Waals surface area (Å²) in [5.41, 5.74) is 0.0635. The van der Waals surface area contributed by atoms with E-state index in [9.17, 15) is 13.2 Å². The molecule has 0 atom stereocenters. The van der Waals surface area contributed by atoms with Crippen molar-refractivity contribution >= 4 is 0 Å². The van der Waals surface area contributed by atoms with E-state index in [0.717, 1.165) is 6.07 Å². The van der Waals surface area contributed by atoms with E-state index in [1.54, 1.807) is 0 Å². The number of alkyl halides is 3. The molecule has 0 fully saturated rings. The topological polar surface area (TPSA) is 48.2 Å². The SMILES string of the molecule is FC(F)(F)Oc1ccccc1-c1nn[c]o1.